The Morgan fingerprint density at radius 3 is 2.25 bits per heavy atom. The van der Waals surface area contributed by atoms with Crippen molar-refractivity contribution in [2.24, 2.45) is 5.73 Å². The van der Waals surface area contributed by atoms with Crippen LogP contribution in [-0.4, -0.2) is 11.9 Å². The van der Waals surface area contributed by atoms with Gasteiger partial charge in [0.05, 0.1) is 5.41 Å². The minimum absolute atomic E-state index is 0.164. The van der Waals surface area contributed by atoms with Crippen molar-refractivity contribution in [3.63, 3.8) is 0 Å². The van der Waals surface area contributed by atoms with Crippen molar-refractivity contribution in [3.8, 4) is 0 Å². The maximum absolute atomic E-state index is 12.7. The summed E-state index contributed by atoms with van der Waals surface area (Å²) < 4.78 is 0. The molecule has 20 heavy (non-hydrogen) atoms. The third-order valence-electron chi connectivity index (χ3n) is 5.39. The first-order valence-corrected chi connectivity index (χ1v) is 7.84. The van der Waals surface area contributed by atoms with E-state index in [1.807, 2.05) is 12.1 Å². The van der Waals surface area contributed by atoms with Crippen LogP contribution < -0.4 is 11.1 Å². The van der Waals surface area contributed by atoms with Crippen LogP contribution in [0.1, 0.15) is 56.1 Å². The SMILES string of the molecule is NC1(c2ccccc2C2(C(=O)NC3CCC3)CC2)CC1. The highest BCUT2D eigenvalue weighted by Crippen LogP contribution is 2.54. The van der Waals surface area contributed by atoms with E-state index in [1.165, 1.54) is 17.5 Å². The van der Waals surface area contributed by atoms with E-state index in [0.29, 0.717) is 6.04 Å². The standard InChI is InChI=1S/C17H22N2O/c18-17(10-11-17)14-7-2-1-6-13(14)16(8-9-16)15(20)19-12-4-3-5-12/h1-2,6-7,12H,3-5,8-11,18H2,(H,19,20). The number of hydrogen-bond donors (Lipinski definition) is 2. The Bertz CT molecular complexity index is 554. The van der Waals surface area contributed by atoms with Crippen LogP contribution in [0.3, 0.4) is 0 Å². The molecule has 3 nitrogen and oxygen atoms in total. The Balaban J connectivity index is 1.64. The topological polar surface area (TPSA) is 55.1 Å². The molecular formula is C17H22N2O. The molecule has 3 fully saturated rings. The summed E-state index contributed by atoms with van der Waals surface area (Å²) in [5.74, 6) is 0.235. The van der Waals surface area contributed by atoms with E-state index in [4.69, 9.17) is 5.73 Å². The van der Waals surface area contributed by atoms with Crippen LogP contribution in [0.25, 0.3) is 0 Å². The Morgan fingerprint density at radius 2 is 1.75 bits per heavy atom. The molecule has 0 aromatic heterocycles. The fourth-order valence-electron chi connectivity index (χ4n) is 3.36. The first-order valence-electron chi connectivity index (χ1n) is 7.84. The molecule has 0 spiro atoms. The fourth-order valence-corrected chi connectivity index (χ4v) is 3.36. The van der Waals surface area contributed by atoms with E-state index in [-0.39, 0.29) is 16.9 Å². The molecule has 0 atom stereocenters. The van der Waals surface area contributed by atoms with E-state index < -0.39 is 0 Å². The van der Waals surface area contributed by atoms with Crippen LogP contribution in [0.5, 0.6) is 0 Å². The molecule has 0 bridgehead atoms. The summed E-state index contributed by atoms with van der Waals surface area (Å²) in [6.07, 6.45) is 7.57. The monoisotopic (exact) mass is 270 g/mol. The normalized spacial score (nSPS) is 25.6. The Labute approximate surface area is 119 Å². The second-order valence-electron chi connectivity index (χ2n) is 6.89. The van der Waals surface area contributed by atoms with Crippen molar-refractivity contribution in [2.75, 3.05) is 0 Å². The summed E-state index contributed by atoms with van der Waals surface area (Å²) in [5.41, 5.74) is 8.36. The van der Waals surface area contributed by atoms with E-state index >= 15 is 0 Å². The summed E-state index contributed by atoms with van der Waals surface area (Å²) in [6.45, 7) is 0. The molecule has 0 aliphatic heterocycles. The molecule has 0 unspecified atom stereocenters. The number of hydrogen-bond acceptors (Lipinski definition) is 2. The lowest BCUT2D eigenvalue weighted by atomic mass is 9.85. The highest BCUT2D eigenvalue weighted by molar-refractivity contribution is 5.92. The van der Waals surface area contributed by atoms with E-state index in [1.54, 1.807) is 0 Å². The fraction of sp³-hybridized carbons (Fsp3) is 0.588. The molecular weight excluding hydrogens is 248 g/mol. The minimum atomic E-state index is -0.277. The maximum Gasteiger partial charge on any atom is 0.230 e. The molecule has 4 rings (SSSR count). The van der Waals surface area contributed by atoms with Crippen molar-refractivity contribution < 1.29 is 4.79 Å². The van der Waals surface area contributed by atoms with E-state index in [0.717, 1.165) is 38.5 Å². The first-order chi connectivity index (χ1) is 9.64. The van der Waals surface area contributed by atoms with Gasteiger partial charge in [-0.1, -0.05) is 24.3 Å². The first kappa shape index (κ1) is 12.4. The maximum atomic E-state index is 12.7. The third-order valence-corrected chi connectivity index (χ3v) is 5.39. The van der Waals surface area contributed by atoms with Crippen molar-refractivity contribution in [1.82, 2.24) is 5.32 Å². The highest BCUT2D eigenvalue weighted by Gasteiger charge is 2.55. The molecule has 1 aromatic rings. The predicted octanol–water partition coefficient (Wildman–Crippen LogP) is 2.33. The number of rotatable bonds is 4. The van der Waals surface area contributed by atoms with Crippen LogP contribution in [0.2, 0.25) is 0 Å². The molecule has 3 aliphatic rings. The van der Waals surface area contributed by atoms with Gasteiger partial charge in [-0.15, -0.1) is 0 Å². The molecule has 106 valence electrons. The Morgan fingerprint density at radius 1 is 1.10 bits per heavy atom. The van der Waals surface area contributed by atoms with Gasteiger partial charge in [-0.2, -0.15) is 0 Å². The van der Waals surface area contributed by atoms with Gasteiger partial charge < -0.3 is 11.1 Å². The number of nitrogens with two attached hydrogens (primary N) is 1. The van der Waals surface area contributed by atoms with Crippen LogP contribution >= 0.6 is 0 Å². The van der Waals surface area contributed by atoms with Crippen molar-refractivity contribution in [3.05, 3.63) is 35.4 Å². The van der Waals surface area contributed by atoms with Gasteiger partial charge in [0.2, 0.25) is 5.91 Å². The molecule has 3 aliphatic carbocycles. The van der Waals surface area contributed by atoms with Crippen molar-refractivity contribution in [2.45, 2.75) is 61.9 Å². The van der Waals surface area contributed by atoms with E-state index in [9.17, 15) is 4.79 Å². The summed E-state index contributed by atoms with van der Waals surface area (Å²) in [6, 6.07) is 8.75. The van der Waals surface area contributed by atoms with Crippen LogP contribution in [0, 0.1) is 0 Å². The van der Waals surface area contributed by atoms with Gasteiger partial charge in [0, 0.05) is 11.6 Å². The van der Waals surface area contributed by atoms with Gasteiger partial charge in [0.25, 0.3) is 0 Å². The summed E-state index contributed by atoms with van der Waals surface area (Å²) >= 11 is 0. The molecule has 0 heterocycles. The molecule has 1 amide bonds. The summed E-state index contributed by atoms with van der Waals surface area (Å²) in [7, 11) is 0. The molecule has 3 N–H and O–H groups in total. The van der Waals surface area contributed by atoms with Crippen molar-refractivity contribution in [1.29, 1.82) is 0 Å². The molecule has 0 radical (unpaired) electrons. The summed E-state index contributed by atoms with van der Waals surface area (Å²) in [5, 5.41) is 3.24. The van der Waals surface area contributed by atoms with Crippen molar-refractivity contribution >= 4 is 5.91 Å². The molecule has 3 saturated carbocycles. The van der Waals surface area contributed by atoms with Crippen LogP contribution in [0.4, 0.5) is 0 Å². The number of carbonyl (C=O) groups is 1. The lowest BCUT2D eigenvalue weighted by Crippen LogP contribution is -2.45. The zero-order chi connectivity index (χ0) is 13.8. The highest BCUT2D eigenvalue weighted by atomic mass is 16.2. The second kappa shape index (κ2) is 4.08. The number of nitrogens with one attached hydrogen (secondary N) is 1. The lowest BCUT2D eigenvalue weighted by Gasteiger charge is -2.30. The zero-order valence-corrected chi connectivity index (χ0v) is 11.8. The minimum Gasteiger partial charge on any atom is -0.353 e. The predicted molar refractivity (Wildman–Crippen MR) is 78.2 cm³/mol. The Hall–Kier alpha value is -1.35. The number of benzene rings is 1. The number of carbonyl (C=O) groups excluding carboxylic acids is 1. The molecule has 0 saturated heterocycles. The van der Waals surface area contributed by atoms with Gasteiger partial charge in [-0.05, 0) is 56.1 Å². The second-order valence-corrected chi connectivity index (χ2v) is 6.89. The molecule has 1 aromatic carbocycles. The van der Waals surface area contributed by atoms with Gasteiger partial charge in [0.1, 0.15) is 0 Å². The Kier molecular flexibility index (Phi) is 2.53. The molecule has 3 heteroatoms. The summed E-state index contributed by atoms with van der Waals surface area (Å²) in [4.78, 5) is 12.7. The third kappa shape index (κ3) is 1.80. The zero-order valence-electron chi connectivity index (χ0n) is 11.8. The van der Waals surface area contributed by atoms with Gasteiger partial charge in [-0.3, -0.25) is 4.79 Å². The van der Waals surface area contributed by atoms with Gasteiger partial charge >= 0.3 is 0 Å². The van der Waals surface area contributed by atoms with E-state index in [2.05, 4.69) is 17.4 Å². The van der Waals surface area contributed by atoms with Crippen LogP contribution in [0.15, 0.2) is 24.3 Å². The van der Waals surface area contributed by atoms with Crippen LogP contribution in [-0.2, 0) is 15.7 Å². The average Bonchev–Trinajstić information content (AvgIpc) is 3.30. The largest absolute Gasteiger partial charge is 0.353 e. The lowest BCUT2D eigenvalue weighted by molar-refractivity contribution is -0.124. The quantitative estimate of drug-likeness (QED) is 0.882. The van der Waals surface area contributed by atoms with Gasteiger partial charge in [-0.25, -0.2) is 0 Å². The average molecular weight is 270 g/mol. The van der Waals surface area contributed by atoms with Gasteiger partial charge in [0.15, 0.2) is 0 Å². The smallest absolute Gasteiger partial charge is 0.230 e. The number of amides is 1.